The largest absolute Gasteiger partial charge is 0.444 e. The number of aliphatic imine (C=N–C) groups is 1. The molecule has 8 heteroatoms. The van der Waals surface area contributed by atoms with Gasteiger partial charge in [-0.15, -0.1) is 0 Å². The Bertz CT molecular complexity index is 726. The fourth-order valence-electron chi connectivity index (χ4n) is 2.68. The summed E-state index contributed by atoms with van der Waals surface area (Å²) in [5.74, 6) is 0.768. The normalized spacial score (nSPS) is 12.9. The molecule has 0 saturated heterocycles. The number of amides is 2. The van der Waals surface area contributed by atoms with Gasteiger partial charge in [0.2, 0.25) is 0 Å². The number of carbonyl (C=O) groups excluding carboxylic acids is 2. The second kappa shape index (κ2) is 12.0. The van der Waals surface area contributed by atoms with Gasteiger partial charge in [0.25, 0.3) is 5.91 Å². The maximum absolute atomic E-state index is 12.1. The summed E-state index contributed by atoms with van der Waals surface area (Å²) >= 11 is 0. The number of nitrogens with zero attached hydrogens (tertiary/aromatic N) is 1. The zero-order valence-corrected chi connectivity index (χ0v) is 19.3. The Morgan fingerprint density at radius 2 is 1.87 bits per heavy atom. The summed E-state index contributed by atoms with van der Waals surface area (Å²) in [4.78, 5) is 28.1. The lowest BCUT2D eigenvalue weighted by molar-refractivity contribution is 0.0491. The predicted octanol–water partition coefficient (Wildman–Crippen LogP) is 2.30. The maximum atomic E-state index is 12.1. The van der Waals surface area contributed by atoms with Gasteiger partial charge in [0.05, 0.1) is 6.04 Å². The van der Waals surface area contributed by atoms with Crippen molar-refractivity contribution in [2.75, 3.05) is 27.2 Å². The third kappa shape index (κ3) is 9.62. The fraction of sp³-hybridized carbons (Fsp3) is 0.591. The highest BCUT2D eigenvalue weighted by Gasteiger charge is 2.21. The minimum absolute atomic E-state index is 0.0977. The zero-order valence-electron chi connectivity index (χ0n) is 19.3. The van der Waals surface area contributed by atoms with Crippen LogP contribution in [0.15, 0.2) is 29.3 Å². The van der Waals surface area contributed by atoms with E-state index in [2.05, 4.69) is 26.3 Å². The first-order valence-electron chi connectivity index (χ1n) is 10.3. The molecule has 168 valence electrons. The number of benzene rings is 1. The van der Waals surface area contributed by atoms with Crippen molar-refractivity contribution in [2.24, 2.45) is 10.9 Å². The highest BCUT2D eigenvalue weighted by molar-refractivity contribution is 5.94. The molecular formula is C22H37N5O3. The summed E-state index contributed by atoms with van der Waals surface area (Å²) in [5, 5.41) is 12.1. The number of rotatable bonds is 8. The van der Waals surface area contributed by atoms with E-state index in [1.165, 1.54) is 0 Å². The van der Waals surface area contributed by atoms with Crippen molar-refractivity contribution in [3.05, 3.63) is 35.4 Å². The average molecular weight is 420 g/mol. The van der Waals surface area contributed by atoms with E-state index in [4.69, 9.17) is 4.74 Å². The molecule has 2 amide bonds. The van der Waals surface area contributed by atoms with Crippen molar-refractivity contribution >= 4 is 18.0 Å². The summed E-state index contributed by atoms with van der Waals surface area (Å²) < 4.78 is 5.35. The van der Waals surface area contributed by atoms with Crippen LogP contribution in [-0.2, 0) is 11.2 Å². The average Bonchev–Trinajstić information content (AvgIpc) is 2.67. The summed E-state index contributed by atoms with van der Waals surface area (Å²) in [6.45, 7) is 10.8. The van der Waals surface area contributed by atoms with Crippen LogP contribution in [0.1, 0.15) is 50.5 Å². The van der Waals surface area contributed by atoms with Crippen LogP contribution in [0.4, 0.5) is 4.79 Å². The van der Waals surface area contributed by atoms with Crippen LogP contribution in [0, 0.1) is 5.92 Å². The van der Waals surface area contributed by atoms with Gasteiger partial charge in [0.15, 0.2) is 5.96 Å². The molecule has 0 aliphatic rings. The number of carbonyl (C=O) groups is 2. The van der Waals surface area contributed by atoms with Gasteiger partial charge in [-0.05, 0) is 50.8 Å². The summed E-state index contributed by atoms with van der Waals surface area (Å²) in [5.41, 5.74) is 1.17. The van der Waals surface area contributed by atoms with Gasteiger partial charge in [-0.1, -0.05) is 26.0 Å². The zero-order chi connectivity index (χ0) is 22.7. The van der Waals surface area contributed by atoms with Gasteiger partial charge in [-0.2, -0.15) is 0 Å². The van der Waals surface area contributed by atoms with Gasteiger partial charge in [-0.25, -0.2) is 4.79 Å². The van der Waals surface area contributed by atoms with Gasteiger partial charge < -0.3 is 26.0 Å². The van der Waals surface area contributed by atoms with Crippen LogP contribution >= 0.6 is 0 Å². The number of alkyl carbamates (subject to hydrolysis) is 1. The smallest absolute Gasteiger partial charge is 0.407 e. The Labute approximate surface area is 180 Å². The van der Waals surface area contributed by atoms with Crippen LogP contribution in [0.25, 0.3) is 0 Å². The number of nitrogens with one attached hydrogen (secondary N) is 4. The molecule has 1 aromatic carbocycles. The molecule has 4 N–H and O–H groups in total. The molecule has 0 bridgehead atoms. The molecule has 0 heterocycles. The van der Waals surface area contributed by atoms with E-state index < -0.39 is 11.7 Å². The molecule has 1 unspecified atom stereocenters. The van der Waals surface area contributed by atoms with Crippen molar-refractivity contribution in [1.82, 2.24) is 21.3 Å². The van der Waals surface area contributed by atoms with Crippen LogP contribution in [0.5, 0.6) is 0 Å². The van der Waals surface area contributed by atoms with Crippen LogP contribution in [0.2, 0.25) is 0 Å². The Morgan fingerprint density at radius 1 is 1.17 bits per heavy atom. The highest BCUT2D eigenvalue weighted by Crippen LogP contribution is 2.08. The molecule has 0 aliphatic heterocycles. The lowest BCUT2D eigenvalue weighted by Crippen LogP contribution is -2.50. The Kier molecular flexibility index (Phi) is 10.1. The first-order valence-corrected chi connectivity index (χ1v) is 10.3. The van der Waals surface area contributed by atoms with E-state index in [1.54, 1.807) is 20.2 Å². The monoisotopic (exact) mass is 419 g/mol. The second-order valence-corrected chi connectivity index (χ2v) is 8.41. The fourth-order valence-corrected chi connectivity index (χ4v) is 2.68. The van der Waals surface area contributed by atoms with Crippen LogP contribution in [-0.4, -0.2) is 56.8 Å². The highest BCUT2D eigenvalue weighted by atomic mass is 16.6. The maximum Gasteiger partial charge on any atom is 0.407 e. The lowest BCUT2D eigenvalue weighted by Gasteiger charge is -2.26. The SMILES string of the molecule is CN=C(NCCc1cccc(C(=O)NC)c1)NCC(NC(=O)OC(C)(C)C)C(C)C. The third-order valence-electron chi connectivity index (χ3n) is 4.34. The quantitative estimate of drug-likeness (QED) is 0.382. The van der Waals surface area contributed by atoms with Crippen molar-refractivity contribution in [3.8, 4) is 0 Å². The first kappa shape index (κ1) is 25.3. The molecule has 0 aromatic heterocycles. The number of hydrogen-bond acceptors (Lipinski definition) is 4. The molecule has 1 atom stereocenters. The molecule has 1 aromatic rings. The Balaban J connectivity index is 2.53. The van der Waals surface area contributed by atoms with Crippen molar-refractivity contribution in [2.45, 2.75) is 52.7 Å². The minimum Gasteiger partial charge on any atom is -0.444 e. The number of ether oxygens (including phenoxy) is 1. The molecule has 0 fully saturated rings. The predicted molar refractivity (Wildman–Crippen MR) is 121 cm³/mol. The van der Waals surface area contributed by atoms with Gasteiger partial charge in [0, 0.05) is 32.7 Å². The molecule has 0 saturated carbocycles. The Morgan fingerprint density at radius 3 is 2.43 bits per heavy atom. The van der Waals surface area contributed by atoms with Gasteiger partial charge in [-0.3, -0.25) is 9.79 Å². The summed E-state index contributed by atoms with van der Waals surface area (Å²) in [6.07, 6.45) is 0.317. The minimum atomic E-state index is -0.536. The standard InChI is InChI=1S/C22H37N5O3/c1-15(2)18(27-21(29)30-22(3,4)5)14-26-20(24-7)25-12-11-16-9-8-10-17(13-16)19(28)23-6/h8-10,13,15,18H,11-12,14H2,1-7H3,(H,23,28)(H,27,29)(H2,24,25,26). The van der Waals surface area contributed by atoms with E-state index in [-0.39, 0.29) is 17.9 Å². The molecule has 8 nitrogen and oxygen atoms in total. The van der Waals surface area contributed by atoms with E-state index >= 15 is 0 Å². The molecule has 0 radical (unpaired) electrons. The van der Waals surface area contributed by atoms with E-state index in [9.17, 15) is 9.59 Å². The molecule has 0 spiro atoms. The van der Waals surface area contributed by atoms with Crippen molar-refractivity contribution in [3.63, 3.8) is 0 Å². The topological polar surface area (TPSA) is 104 Å². The van der Waals surface area contributed by atoms with Gasteiger partial charge >= 0.3 is 6.09 Å². The molecule has 0 aliphatic carbocycles. The third-order valence-corrected chi connectivity index (χ3v) is 4.34. The van der Waals surface area contributed by atoms with Crippen molar-refractivity contribution < 1.29 is 14.3 Å². The molecular weight excluding hydrogens is 382 g/mol. The van der Waals surface area contributed by atoms with E-state index in [0.29, 0.717) is 24.6 Å². The molecule has 1 rings (SSSR count). The Hall–Kier alpha value is -2.77. The number of hydrogen-bond donors (Lipinski definition) is 4. The van der Waals surface area contributed by atoms with Crippen LogP contribution < -0.4 is 21.3 Å². The van der Waals surface area contributed by atoms with Gasteiger partial charge in [0.1, 0.15) is 5.60 Å². The van der Waals surface area contributed by atoms with Crippen molar-refractivity contribution in [1.29, 1.82) is 0 Å². The molecule has 30 heavy (non-hydrogen) atoms. The summed E-state index contributed by atoms with van der Waals surface area (Å²) in [6, 6.07) is 7.44. The number of guanidine groups is 1. The van der Waals surface area contributed by atoms with E-state index in [1.807, 2.05) is 52.8 Å². The first-order chi connectivity index (χ1) is 14.1. The lowest BCUT2D eigenvalue weighted by atomic mass is 10.0. The second-order valence-electron chi connectivity index (χ2n) is 8.41. The van der Waals surface area contributed by atoms with Crippen LogP contribution in [0.3, 0.4) is 0 Å². The summed E-state index contributed by atoms with van der Waals surface area (Å²) in [7, 11) is 3.32. The van der Waals surface area contributed by atoms with E-state index in [0.717, 1.165) is 12.0 Å².